The van der Waals surface area contributed by atoms with Gasteiger partial charge in [-0.15, -0.1) is 0 Å². The van der Waals surface area contributed by atoms with E-state index in [1.54, 1.807) is 24.5 Å². The summed E-state index contributed by atoms with van der Waals surface area (Å²) in [7, 11) is 1.48. The number of carbonyl (C=O) groups excluding carboxylic acids is 1. The third kappa shape index (κ3) is 4.10. The third-order valence-electron chi connectivity index (χ3n) is 4.13. The van der Waals surface area contributed by atoms with E-state index >= 15 is 0 Å². The van der Waals surface area contributed by atoms with Crippen molar-refractivity contribution in [3.8, 4) is 17.1 Å². The molecule has 0 radical (unpaired) electrons. The minimum absolute atomic E-state index is 0.0585. The zero-order chi connectivity index (χ0) is 18.6. The van der Waals surface area contributed by atoms with Gasteiger partial charge in [-0.1, -0.05) is 0 Å². The Kier molecular flexibility index (Phi) is 5.36. The molecule has 0 bridgehead atoms. The molecule has 1 unspecified atom stereocenters. The summed E-state index contributed by atoms with van der Waals surface area (Å²) >= 11 is 0. The van der Waals surface area contributed by atoms with E-state index in [-0.39, 0.29) is 24.8 Å². The second kappa shape index (κ2) is 7.69. The molecule has 2 aromatic heterocycles. The Bertz CT molecular complexity index is 760. The van der Waals surface area contributed by atoms with Crippen molar-refractivity contribution in [2.24, 2.45) is 0 Å². The lowest BCUT2D eigenvalue weighted by Gasteiger charge is -2.37. The minimum Gasteiger partial charge on any atom is -0.466 e. The largest absolute Gasteiger partial charge is 0.466 e. The van der Waals surface area contributed by atoms with Crippen LogP contribution in [0.15, 0.2) is 36.9 Å². The van der Waals surface area contributed by atoms with Crippen molar-refractivity contribution in [2.75, 3.05) is 26.7 Å². The van der Waals surface area contributed by atoms with Gasteiger partial charge >= 0.3 is 0 Å². The van der Waals surface area contributed by atoms with E-state index < -0.39 is 18.6 Å². The number of likely N-dealkylation sites (tertiary alicyclic amines) is 1. The summed E-state index contributed by atoms with van der Waals surface area (Å²) in [6.45, 7) is -0.277. The maximum absolute atomic E-state index is 14.5. The van der Waals surface area contributed by atoms with Crippen LogP contribution in [-0.4, -0.2) is 64.5 Å². The van der Waals surface area contributed by atoms with E-state index in [1.807, 2.05) is 0 Å². The molecule has 1 atom stereocenters. The van der Waals surface area contributed by atoms with Crippen molar-refractivity contribution in [3.05, 3.63) is 36.9 Å². The summed E-state index contributed by atoms with van der Waals surface area (Å²) in [5.74, 6) is -3.35. The minimum atomic E-state index is -3.11. The fraction of sp³-hybridized carbons (Fsp3) is 0.412. The lowest BCUT2D eigenvalue weighted by Crippen LogP contribution is -2.55. The predicted molar refractivity (Wildman–Crippen MR) is 89.7 cm³/mol. The molecular formula is C17H19F2N5O2. The van der Waals surface area contributed by atoms with Crippen LogP contribution in [-0.2, 0) is 4.79 Å². The Morgan fingerprint density at radius 3 is 2.73 bits per heavy atom. The molecule has 1 aliphatic heterocycles. The van der Waals surface area contributed by atoms with E-state index in [0.717, 1.165) is 0 Å². The van der Waals surface area contributed by atoms with Crippen LogP contribution in [0, 0.1) is 0 Å². The van der Waals surface area contributed by atoms with Gasteiger partial charge in [-0.3, -0.25) is 14.7 Å². The van der Waals surface area contributed by atoms with Crippen molar-refractivity contribution in [1.82, 2.24) is 25.2 Å². The number of amides is 1. The van der Waals surface area contributed by atoms with Crippen LogP contribution >= 0.6 is 0 Å². The summed E-state index contributed by atoms with van der Waals surface area (Å²) in [4.78, 5) is 25.0. The van der Waals surface area contributed by atoms with Gasteiger partial charge < -0.3 is 10.1 Å². The summed E-state index contributed by atoms with van der Waals surface area (Å²) in [5, 5.41) is 2.44. The van der Waals surface area contributed by atoms with Crippen LogP contribution in [0.25, 0.3) is 11.3 Å². The Morgan fingerprint density at radius 2 is 2.04 bits per heavy atom. The topological polar surface area (TPSA) is 80.2 Å². The number of carbonyl (C=O) groups is 1. The first kappa shape index (κ1) is 18.1. The van der Waals surface area contributed by atoms with Crippen molar-refractivity contribution < 1.29 is 18.3 Å². The van der Waals surface area contributed by atoms with E-state index in [2.05, 4.69) is 20.3 Å². The summed E-state index contributed by atoms with van der Waals surface area (Å²) in [6, 6.07) is 3.42. The molecule has 0 spiro atoms. The van der Waals surface area contributed by atoms with Gasteiger partial charge in [-0.25, -0.2) is 18.7 Å². The van der Waals surface area contributed by atoms with Crippen LogP contribution in [0.2, 0.25) is 0 Å². The molecule has 1 fully saturated rings. The third-order valence-corrected chi connectivity index (χ3v) is 4.13. The number of likely N-dealkylation sites (N-methyl/N-ethyl adjacent to an activating group) is 1. The number of nitrogens with one attached hydrogen (secondary N) is 1. The second-order valence-electron chi connectivity index (χ2n) is 5.99. The quantitative estimate of drug-likeness (QED) is 0.864. The molecule has 0 saturated carbocycles. The molecule has 1 amide bonds. The van der Waals surface area contributed by atoms with Gasteiger partial charge in [0, 0.05) is 50.4 Å². The van der Waals surface area contributed by atoms with E-state index in [1.165, 1.54) is 24.3 Å². The molecular weight excluding hydrogens is 344 g/mol. The standard InChI is InChI=1S/C17H19F2N5O2/c1-20-14(25)10-24-9-4-13(17(18,19)11-24)26-16-15(22-7-8-23-16)12-2-5-21-6-3-12/h2-3,5-8,13H,4,9-11H2,1H3,(H,20,25). The predicted octanol–water partition coefficient (Wildman–Crippen LogP) is 1.37. The Hall–Kier alpha value is -2.68. The first-order chi connectivity index (χ1) is 12.5. The van der Waals surface area contributed by atoms with Crippen molar-refractivity contribution in [1.29, 1.82) is 0 Å². The number of hydrogen-bond acceptors (Lipinski definition) is 6. The van der Waals surface area contributed by atoms with Crippen molar-refractivity contribution in [2.45, 2.75) is 18.4 Å². The van der Waals surface area contributed by atoms with Gasteiger partial charge in [0.1, 0.15) is 5.69 Å². The highest BCUT2D eigenvalue weighted by atomic mass is 19.3. The molecule has 3 heterocycles. The zero-order valence-corrected chi connectivity index (χ0v) is 14.2. The number of pyridine rings is 1. The van der Waals surface area contributed by atoms with Crippen LogP contribution in [0.3, 0.4) is 0 Å². The Morgan fingerprint density at radius 1 is 1.31 bits per heavy atom. The fourth-order valence-electron chi connectivity index (χ4n) is 2.81. The average molecular weight is 363 g/mol. The van der Waals surface area contributed by atoms with Gasteiger partial charge in [0.15, 0.2) is 6.10 Å². The van der Waals surface area contributed by atoms with E-state index in [0.29, 0.717) is 17.8 Å². The molecule has 7 nitrogen and oxygen atoms in total. The lowest BCUT2D eigenvalue weighted by molar-refractivity contribution is -0.145. The average Bonchev–Trinajstić information content (AvgIpc) is 2.64. The lowest BCUT2D eigenvalue weighted by atomic mass is 10.0. The van der Waals surface area contributed by atoms with Crippen LogP contribution in [0.5, 0.6) is 5.88 Å². The number of nitrogens with zero attached hydrogens (tertiary/aromatic N) is 4. The maximum Gasteiger partial charge on any atom is 0.296 e. The SMILES string of the molecule is CNC(=O)CN1CCC(Oc2nccnc2-c2ccncc2)C(F)(F)C1. The zero-order valence-electron chi connectivity index (χ0n) is 14.2. The number of aromatic nitrogens is 3. The number of piperidine rings is 1. The van der Waals surface area contributed by atoms with Crippen LogP contribution < -0.4 is 10.1 Å². The number of rotatable bonds is 5. The number of ether oxygens (including phenoxy) is 1. The molecule has 1 N–H and O–H groups in total. The van der Waals surface area contributed by atoms with Crippen LogP contribution in [0.4, 0.5) is 8.78 Å². The van der Waals surface area contributed by atoms with Gasteiger partial charge in [0.2, 0.25) is 11.8 Å². The highest BCUT2D eigenvalue weighted by molar-refractivity contribution is 5.77. The maximum atomic E-state index is 14.5. The number of hydrogen-bond donors (Lipinski definition) is 1. The van der Waals surface area contributed by atoms with Gasteiger partial charge in [0.25, 0.3) is 5.92 Å². The van der Waals surface area contributed by atoms with Crippen molar-refractivity contribution in [3.63, 3.8) is 0 Å². The summed E-state index contributed by atoms with van der Waals surface area (Å²) in [5.41, 5.74) is 1.07. The van der Waals surface area contributed by atoms with Gasteiger partial charge in [0.05, 0.1) is 13.1 Å². The first-order valence-corrected chi connectivity index (χ1v) is 8.18. The van der Waals surface area contributed by atoms with Gasteiger partial charge in [-0.05, 0) is 12.1 Å². The Balaban J connectivity index is 1.75. The summed E-state index contributed by atoms with van der Waals surface area (Å²) in [6.07, 6.45) is 4.79. The van der Waals surface area contributed by atoms with E-state index in [9.17, 15) is 13.6 Å². The van der Waals surface area contributed by atoms with Crippen molar-refractivity contribution >= 4 is 5.91 Å². The van der Waals surface area contributed by atoms with Crippen LogP contribution in [0.1, 0.15) is 6.42 Å². The highest BCUT2D eigenvalue weighted by Gasteiger charge is 2.47. The summed E-state index contributed by atoms with van der Waals surface area (Å²) < 4.78 is 34.6. The normalized spacial score (nSPS) is 19.7. The molecule has 1 saturated heterocycles. The number of alkyl halides is 2. The van der Waals surface area contributed by atoms with Gasteiger partial charge in [-0.2, -0.15) is 0 Å². The monoisotopic (exact) mass is 363 g/mol. The Labute approximate surface area is 149 Å². The molecule has 0 aromatic carbocycles. The highest BCUT2D eigenvalue weighted by Crippen LogP contribution is 2.33. The van der Waals surface area contributed by atoms with E-state index in [4.69, 9.17) is 4.74 Å². The molecule has 26 heavy (non-hydrogen) atoms. The molecule has 9 heteroatoms. The second-order valence-corrected chi connectivity index (χ2v) is 5.99. The molecule has 0 aliphatic carbocycles. The molecule has 2 aromatic rings. The molecule has 3 rings (SSSR count). The molecule has 1 aliphatic rings. The smallest absolute Gasteiger partial charge is 0.296 e. The molecule has 138 valence electrons. The fourth-order valence-corrected chi connectivity index (χ4v) is 2.81. The first-order valence-electron chi connectivity index (χ1n) is 8.18. The number of halogens is 2.